The van der Waals surface area contributed by atoms with Gasteiger partial charge in [-0.25, -0.2) is 18.4 Å². The van der Waals surface area contributed by atoms with Crippen LogP contribution in [0.5, 0.6) is 0 Å². The van der Waals surface area contributed by atoms with Crippen molar-refractivity contribution in [1.82, 2.24) is 19.7 Å². The van der Waals surface area contributed by atoms with Crippen molar-refractivity contribution in [2.75, 3.05) is 6.26 Å². The Morgan fingerprint density at radius 2 is 1.97 bits per heavy atom. The van der Waals surface area contributed by atoms with Gasteiger partial charge in [-0.05, 0) is 30.3 Å². The van der Waals surface area contributed by atoms with Gasteiger partial charge in [-0.1, -0.05) is 19.1 Å². The van der Waals surface area contributed by atoms with Gasteiger partial charge in [0.15, 0.2) is 0 Å². The van der Waals surface area contributed by atoms with E-state index in [4.69, 9.17) is 0 Å². The normalized spacial score (nSPS) is 15.5. The maximum atomic E-state index is 14.7. The standard InChI is InChI=1S/C22H20F2N4O2S/c1-14(20-7-3-15-9-17(31(2)30)5-8-21(15)27-20)22(29,11-28-13-25-12-26-28)18-6-4-16(23)10-19(18)24/h3-10,12-14,29H,11H2,1-2H3. The summed E-state index contributed by atoms with van der Waals surface area (Å²) in [5.41, 5.74) is -0.669. The smallest absolute Gasteiger partial charge is 0.137 e. The third-order valence-electron chi connectivity index (χ3n) is 5.44. The van der Waals surface area contributed by atoms with E-state index in [0.717, 1.165) is 17.5 Å². The monoisotopic (exact) mass is 442 g/mol. The molecular weight excluding hydrogens is 422 g/mol. The molecule has 0 aliphatic rings. The summed E-state index contributed by atoms with van der Waals surface area (Å²) in [5.74, 6) is -2.27. The van der Waals surface area contributed by atoms with Crippen molar-refractivity contribution in [2.45, 2.75) is 29.9 Å². The number of aliphatic hydroxyl groups is 1. The van der Waals surface area contributed by atoms with Crippen molar-refractivity contribution in [3.05, 3.63) is 84.1 Å². The van der Waals surface area contributed by atoms with Crippen LogP contribution in [0.25, 0.3) is 10.9 Å². The van der Waals surface area contributed by atoms with Gasteiger partial charge in [0.2, 0.25) is 0 Å². The van der Waals surface area contributed by atoms with E-state index in [2.05, 4.69) is 15.1 Å². The topological polar surface area (TPSA) is 80.9 Å². The number of benzene rings is 2. The Balaban J connectivity index is 1.80. The molecule has 0 amide bonds. The van der Waals surface area contributed by atoms with Gasteiger partial charge >= 0.3 is 0 Å². The van der Waals surface area contributed by atoms with E-state index >= 15 is 0 Å². The van der Waals surface area contributed by atoms with Gasteiger partial charge in [0.25, 0.3) is 0 Å². The second kappa shape index (κ2) is 8.24. The fraction of sp³-hybridized carbons (Fsp3) is 0.227. The van der Waals surface area contributed by atoms with E-state index < -0.39 is 34.0 Å². The molecule has 0 saturated carbocycles. The first-order valence-corrected chi connectivity index (χ1v) is 11.1. The molecule has 0 fully saturated rings. The maximum absolute atomic E-state index is 14.7. The molecule has 0 saturated heterocycles. The number of aromatic nitrogens is 4. The lowest BCUT2D eigenvalue weighted by atomic mass is 9.79. The molecule has 3 unspecified atom stereocenters. The maximum Gasteiger partial charge on any atom is 0.137 e. The van der Waals surface area contributed by atoms with E-state index in [1.807, 2.05) is 6.07 Å². The second-order valence-corrected chi connectivity index (χ2v) is 8.79. The summed E-state index contributed by atoms with van der Waals surface area (Å²) in [7, 11) is -1.12. The Morgan fingerprint density at radius 1 is 1.16 bits per heavy atom. The summed E-state index contributed by atoms with van der Waals surface area (Å²) >= 11 is 0. The van der Waals surface area contributed by atoms with Gasteiger partial charge in [-0.15, -0.1) is 0 Å². The Bertz CT molecular complexity index is 1270. The Kier molecular flexibility index (Phi) is 5.63. The van der Waals surface area contributed by atoms with Crippen LogP contribution in [-0.2, 0) is 22.9 Å². The van der Waals surface area contributed by atoms with Gasteiger partial charge in [-0.3, -0.25) is 9.19 Å². The summed E-state index contributed by atoms with van der Waals surface area (Å²) < 4.78 is 41.4. The van der Waals surface area contributed by atoms with E-state index in [1.54, 1.807) is 37.4 Å². The molecule has 6 nitrogen and oxygen atoms in total. The molecule has 31 heavy (non-hydrogen) atoms. The molecule has 2 aromatic carbocycles. The average Bonchev–Trinajstić information content (AvgIpc) is 3.25. The summed E-state index contributed by atoms with van der Waals surface area (Å²) in [4.78, 5) is 9.21. The molecule has 4 rings (SSSR count). The highest BCUT2D eigenvalue weighted by Crippen LogP contribution is 2.39. The molecule has 9 heteroatoms. The molecule has 0 bridgehead atoms. The van der Waals surface area contributed by atoms with Crippen molar-refractivity contribution >= 4 is 21.7 Å². The summed E-state index contributed by atoms with van der Waals surface area (Å²) in [6.07, 6.45) is 4.33. The van der Waals surface area contributed by atoms with Crippen LogP contribution in [0, 0.1) is 11.6 Å². The number of rotatable bonds is 6. The van der Waals surface area contributed by atoms with Crippen LogP contribution in [0.4, 0.5) is 8.78 Å². The van der Waals surface area contributed by atoms with Crippen LogP contribution in [0.2, 0.25) is 0 Å². The minimum atomic E-state index is -1.78. The van der Waals surface area contributed by atoms with Gasteiger partial charge in [0.1, 0.15) is 29.9 Å². The minimum Gasteiger partial charge on any atom is -0.382 e. The summed E-state index contributed by atoms with van der Waals surface area (Å²) in [5, 5.41) is 16.5. The molecule has 2 aromatic heterocycles. The highest BCUT2D eigenvalue weighted by Gasteiger charge is 2.40. The van der Waals surface area contributed by atoms with Crippen LogP contribution >= 0.6 is 0 Å². The number of halogens is 2. The first-order valence-electron chi connectivity index (χ1n) is 9.52. The average molecular weight is 442 g/mol. The molecule has 0 aliphatic carbocycles. The van der Waals surface area contributed by atoms with Crippen LogP contribution in [-0.4, -0.2) is 35.3 Å². The Hall–Kier alpha value is -3.04. The second-order valence-electron chi connectivity index (χ2n) is 7.41. The molecule has 0 radical (unpaired) electrons. The van der Waals surface area contributed by atoms with Crippen LogP contribution < -0.4 is 0 Å². The predicted octanol–water partition coefficient (Wildman–Crippen LogP) is 3.53. The lowest BCUT2D eigenvalue weighted by Crippen LogP contribution is -2.38. The SMILES string of the molecule is CC(c1ccc2cc(S(C)=O)ccc2n1)C(O)(Cn1cncn1)c1ccc(F)cc1F. The quantitative estimate of drug-likeness (QED) is 0.494. The molecule has 160 valence electrons. The first kappa shape index (κ1) is 21.2. The van der Waals surface area contributed by atoms with Gasteiger partial charge in [0, 0.05) is 50.6 Å². The highest BCUT2D eigenvalue weighted by atomic mass is 32.2. The van der Waals surface area contributed by atoms with Crippen LogP contribution in [0.1, 0.15) is 24.1 Å². The molecule has 0 spiro atoms. The third-order valence-corrected chi connectivity index (χ3v) is 6.36. The van der Waals surface area contributed by atoms with Gasteiger partial charge < -0.3 is 5.11 Å². The molecule has 4 aromatic rings. The van der Waals surface area contributed by atoms with Crippen LogP contribution in [0.3, 0.4) is 0 Å². The van der Waals surface area contributed by atoms with E-state index in [-0.39, 0.29) is 12.1 Å². The highest BCUT2D eigenvalue weighted by molar-refractivity contribution is 7.84. The Morgan fingerprint density at radius 3 is 2.65 bits per heavy atom. The number of hydrogen-bond donors (Lipinski definition) is 1. The largest absolute Gasteiger partial charge is 0.382 e. The molecule has 1 N–H and O–H groups in total. The first-order chi connectivity index (χ1) is 14.8. The molecule has 0 aliphatic heterocycles. The molecular formula is C22H20F2N4O2S. The molecule has 2 heterocycles. The summed E-state index contributed by atoms with van der Waals surface area (Å²) in [6, 6.07) is 11.9. The van der Waals surface area contributed by atoms with Crippen LogP contribution in [0.15, 0.2) is 66.1 Å². The Labute approximate surface area is 180 Å². The predicted molar refractivity (Wildman–Crippen MR) is 113 cm³/mol. The van der Waals surface area contributed by atoms with E-state index in [1.165, 1.54) is 23.4 Å². The lowest BCUT2D eigenvalue weighted by Gasteiger charge is -2.34. The van der Waals surface area contributed by atoms with Crippen molar-refractivity contribution in [1.29, 1.82) is 0 Å². The van der Waals surface area contributed by atoms with Crippen molar-refractivity contribution < 1.29 is 18.1 Å². The number of hydrogen-bond acceptors (Lipinski definition) is 5. The van der Waals surface area contributed by atoms with E-state index in [0.29, 0.717) is 16.1 Å². The number of pyridine rings is 1. The lowest BCUT2D eigenvalue weighted by molar-refractivity contribution is -0.0122. The van der Waals surface area contributed by atoms with Crippen molar-refractivity contribution in [3.63, 3.8) is 0 Å². The summed E-state index contributed by atoms with van der Waals surface area (Å²) in [6.45, 7) is 1.62. The minimum absolute atomic E-state index is 0.0597. The fourth-order valence-electron chi connectivity index (χ4n) is 3.64. The van der Waals surface area contributed by atoms with Gasteiger partial charge in [-0.2, -0.15) is 5.10 Å². The van der Waals surface area contributed by atoms with Gasteiger partial charge in [0.05, 0.1) is 12.1 Å². The fourth-order valence-corrected chi connectivity index (χ4v) is 4.19. The zero-order valence-corrected chi connectivity index (χ0v) is 17.7. The zero-order chi connectivity index (χ0) is 22.2. The van der Waals surface area contributed by atoms with E-state index in [9.17, 15) is 18.1 Å². The van der Waals surface area contributed by atoms with Crippen molar-refractivity contribution in [3.8, 4) is 0 Å². The third kappa shape index (κ3) is 4.11. The van der Waals surface area contributed by atoms with Crippen molar-refractivity contribution in [2.24, 2.45) is 0 Å². The molecule has 3 atom stereocenters. The zero-order valence-electron chi connectivity index (χ0n) is 16.9. The number of nitrogens with zero attached hydrogens (tertiary/aromatic N) is 4. The number of fused-ring (bicyclic) bond motifs is 1.